The van der Waals surface area contributed by atoms with Gasteiger partial charge < -0.3 is 9.84 Å². The minimum absolute atomic E-state index is 0. The largest absolute Gasteiger partial charge is 0.480 e. The van der Waals surface area contributed by atoms with Crippen molar-refractivity contribution in [1.29, 1.82) is 0 Å². The van der Waals surface area contributed by atoms with Crippen molar-refractivity contribution in [3.05, 3.63) is 88.8 Å². The fraction of sp³-hybridized carbons (Fsp3) is 0.393. The fourth-order valence-electron chi connectivity index (χ4n) is 4.55. The standard InChI is InChI=1S/C28H34N6O4.Mo/c1-21-6-3-7-22(29-21)16-32-12-14-33(19-25-10-5-11-26(31-25)28(37)38-2)17-23-8-4-9-24(30-23)18-34(15-13-32)20-27(35)36;/h3-11H,12-20H2,1-2H3,(H,35,36);. The van der Waals surface area contributed by atoms with E-state index in [9.17, 15) is 14.7 Å². The number of carbonyl (C=O) groups excluding carboxylic acids is 1. The van der Waals surface area contributed by atoms with Gasteiger partial charge in [0.05, 0.1) is 36.4 Å². The Morgan fingerprint density at radius 1 is 0.795 bits per heavy atom. The fourth-order valence-corrected chi connectivity index (χ4v) is 4.55. The van der Waals surface area contributed by atoms with Gasteiger partial charge in [0.15, 0.2) is 0 Å². The van der Waals surface area contributed by atoms with E-state index in [0.29, 0.717) is 39.3 Å². The molecule has 0 saturated heterocycles. The van der Waals surface area contributed by atoms with Gasteiger partial charge in [-0.2, -0.15) is 0 Å². The number of nitrogens with zero attached hydrogens (tertiary/aromatic N) is 6. The van der Waals surface area contributed by atoms with Crippen LogP contribution < -0.4 is 0 Å². The molecule has 206 valence electrons. The van der Waals surface area contributed by atoms with E-state index in [-0.39, 0.29) is 33.3 Å². The average molecular weight is 615 g/mol. The van der Waals surface area contributed by atoms with Crippen molar-refractivity contribution in [1.82, 2.24) is 29.7 Å². The van der Waals surface area contributed by atoms with Gasteiger partial charge in [-0.25, -0.2) is 9.78 Å². The van der Waals surface area contributed by atoms with Gasteiger partial charge in [0, 0.05) is 79.1 Å². The van der Waals surface area contributed by atoms with Crippen LogP contribution in [0.3, 0.4) is 0 Å². The van der Waals surface area contributed by atoms with E-state index < -0.39 is 11.9 Å². The number of rotatable bonds is 7. The number of aliphatic carboxylic acids is 1. The topological polar surface area (TPSA) is 112 Å². The Hall–Kier alpha value is -3.04. The van der Waals surface area contributed by atoms with Crippen molar-refractivity contribution in [2.75, 3.05) is 39.8 Å². The van der Waals surface area contributed by atoms with Crippen LogP contribution in [-0.4, -0.2) is 86.5 Å². The molecule has 0 amide bonds. The number of pyridine rings is 3. The number of carbonyl (C=O) groups is 2. The molecule has 11 heteroatoms. The molecular weight excluding hydrogens is 580 g/mol. The first kappa shape index (κ1) is 30.5. The second-order valence-electron chi connectivity index (χ2n) is 9.49. The molecular formula is C28H34MoN6O4. The number of carboxylic acid groups (broad SMARTS) is 1. The van der Waals surface area contributed by atoms with E-state index >= 15 is 0 Å². The summed E-state index contributed by atoms with van der Waals surface area (Å²) in [7, 11) is 1.35. The van der Waals surface area contributed by atoms with Crippen LogP contribution in [0.2, 0.25) is 0 Å². The van der Waals surface area contributed by atoms with Gasteiger partial charge in [0.1, 0.15) is 5.69 Å². The third kappa shape index (κ3) is 9.58. The molecule has 0 atom stereocenters. The minimum atomic E-state index is -0.854. The second-order valence-corrected chi connectivity index (χ2v) is 9.49. The predicted molar refractivity (Wildman–Crippen MR) is 141 cm³/mol. The summed E-state index contributed by atoms with van der Waals surface area (Å²) in [5.74, 6) is -1.31. The summed E-state index contributed by atoms with van der Waals surface area (Å²) in [4.78, 5) is 44.1. The maximum Gasteiger partial charge on any atom is 0.356 e. The smallest absolute Gasteiger partial charge is 0.356 e. The van der Waals surface area contributed by atoms with Crippen molar-refractivity contribution in [2.24, 2.45) is 0 Å². The number of aromatic nitrogens is 3. The van der Waals surface area contributed by atoms with Crippen molar-refractivity contribution in [2.45, 2.75) is 33.1 Å². The average Bonchev–Trinajstić information content (AvgIpc) is 2.89. The van der Waals surface area contributed by atoms with Crippen LogP contribution in [0.4, 0.5) is 0 Å². The third-order valence-corrected chi connectivity index (χ3v) is 6.38. The Bertz CT molecular complexity index is 1260. The van der Waals surface area contributed by atoms with Crippen LogP contribution in [0.1, 0.15) is 39.0 Å². The normalized spacial score (nSPS) is 15.4. The Morgan fingerprint density at radius 3 is 2.03 bits per heavy atom. The quantitative estimate of drug-likeness (QED) is 0.315. The zero-order chi connectivity index (χ0) is 26.9. The van der Waals surface area contributed by atoms with Crippen LogP contribution in [0.15, 0.2) is 54.6 Å². The molecule has 0 unspecified atom stereocenters. The van der Waals surface area contributed by atoms with Gasteiger partial charge in [-0.3, -0.25) is 29.5 Å². The molecule has 39 heavy (non-hydrogen) atoms. The molecule has 3 aromatic heterocycles. The molecule has 3 aromatic rings. The Labute approximate surface area is 243 Å². The molecule has 0 radical (unpaired) electrons. The number of fused-ring (bicyclic) bond motifs is 2. The first-order chi connectivity index (χ1) is 18.4. The molecule has 10 nitrogen and oxygen atoms in total. The monoisotopic (exact) mass is 616 g/mol. The summed E-state index contributed by atoms with van der Waals surface area (Å²) in [6, 6.07) is 17.3. The van der Waals surface area contributed by atoms with Crippen molar-refractivity contribution in [3.63, 3.8) is 0 Å². The number of hydrogen-bond acceptors (Lipinski definition) is 9. The molecule has 1 aliphatic heterocycles. The van der Waals surface area contributed by atoms with Crippen LogP contribution in [0, 0.1) is 6.92 Å². The van der Waals surface area contributed by atoms with Crippen LogP contribution in [-0.2, 0) is 56.8 Å². The number of esters is 1. The van der Waals surface area contributed by atoms with Crippen molar-refractivity contribution < 1.29 is 40.5 Å². The number of methoxy groups -OCH3 is 1. The SMILES string of the molecule is COC(=O)c1cccc(CN2CCN(Cc3cccc(C)n3)CCN(CC(=O)O)Cc3cccc(n3)C2)n1.[Mo]. The number of carboxylic acids is 1. The van der Waals surface area contributed by atoms with Gasteiger partial charge in [0.25, 0.3) is 0 Å². The maximum atomic E-state index is 12.0. The first-order valence-corrected chi connectivity index (χ1v) is 12.7. The zero-order valence-corrected chi connectivity index (χ0v) is 24.3. The second kappa shape index (κ2) is 14.9. The van der Waals surface area contributed by atoms with E-state index in [1.54, 1.807) is 6.07 Å². The van der Waals surface area contributed by atoms with Crippen molar-refractivity contribution in [3.8, 4) is 0 Å². The Morgan fingerprint density at radius 2 is 1.36 bits per heavy atom. The molecule has 0 saturated carbocycles. The van der Waals surface area contributed by atoms with Crippen molar-refractivity contribution >= 4 is 11.9 Å². The summed E-state index contributed by atoms with van der Waals surface area (Å²) >= 11 is 0. The number of ether oxygens (including phenoxy) is 1. The molecule has 4 heterocycles. The van der Waals surface area contributed by atoms with Crippen LogP contribution >= 0.6 is 0 Å². The number of aryl methyl sites for hydroxylation is 1. The van der Waals surface area contributed by atoms with E-state index in [2.05, 4.69) is 19.8 Å². The number of hydrogen-bond donors (Lipinski definition) is 1. The molecule has 0 spiro atoms. The Balaban J connectivity index is 0.00000420. The van der Waals surface area contributed by atoms with Crippen LogP contribution in [0.25, 0.3) is 0 Å². The Kier molecular flexibility index (Phi) is 11.7. The van der Waals surface area contributed by atoms with E-state index in [1.807, 2.05) is 60.4 Å². The maximum absolute atomic E-state index is 12.0. The zero-order valence-electron chi connectivity index (χ0n) is 22.3. The summed E-state index contributed by atoms with van der Waals surface area (Å²) in [6.07, 6.45) is 0. The first-order valence-electron chi connectivity index (χ1n) is 12.7. The summed E-state index contributed by atoms with van der Waals surface area (Å²) < 4.78 is 4.84. The van der Waals surface area contributed by atoms with Gasteiger partial charge in [-0.15, -0.1) is 0 Å². The van der Waals surface area contributed by atoms with E-state index in [0.717, 1.165) is 41.6 Å². The van der Waals surface area contributed by atoms with Gasteiger partial charge >= 0.3 is 11.9 Å². The molecule has 1 N–H and O–H groups in total. The molecule has 1 aliphatic rings. The van der Waals surface area contributed by atoms with Gasteiger partial charge in [0.2, 0.25) is 0 Å². The van der Waals surface area contributed by atoms with Crippen LogP contribution in [0.5, 0.6) is 0 Å². The predicted octanol–water partition coefficient (Wildman–Crippen LogP) is 2.37. The van der Waals surface area contributed by atoms with E-state index in [1.165, 1.54) is 7.11 Å². The molecule has 0 aliphatic carbocycles. The summed E-state index contributed by atoms with van der Waals surface area (Å²) in [5.41, 5.74) is 4.73. The van der Waals surface area contributed by atoms with E-state index in [4.69, 9.17) is 9.72 Å². The molecule has 0 fully saturated rings. The summed E-state index contributed by atoms with van der Waals surface area (Å²) in [5, 5.41) is 9.48. The molecule has 0 aromatic carbocycles. The third-order valence-electron chi connectivity index (χ3n) is 6.38. The molecule has 4 rings (SSSR count). The molecule has 2 bridgehead atoms. The summed E-state index contributed by atoms with van der Waals surface area (Å²) in [6.45, 7) is 6.93. The van der Waals surface area contributed by atoms with Gasteiger partial charge in [-0.1, -0.05) is 18.2 Å². The van der Waals surface area contributed by atoms with Gasteiger partial charge in [-0.05, 0) is 43.3 Å². The minimum Gasteiger partial charge on any atom is -0.480 e.